The summed E-state index contributed by atoms with van der Waals surface area (Å²) in [6.45, 7) is -0.641. The Morgan fingerprint density at radius 3 is 2.62 bits per heavy atom. The van der Waals surface area contributed by atoms with Gasteiger partial charge in [0.2, 0.25) is 12.0 Å². The molecule has 1 fully saturated rings. The maximum atomic E-state index is 12.7. The lowest BCUT2D eigenvalue weighted by Gasteiger charge is -2.36. The van der Waals surface area contributed by atoms with E-state index in [2.05, 4.69) is 0 Å². The highest BCUT2D eigenvalue weighted by atomic mass is 19.4. The molecule has 4 N–H and O–H groups in total. The first-order chi connectivity index (χ1) is 12.1. The van der Waals surface area contributed by atoms with Gasteiger partial charge < -0.3 is 29.9 Å². The van der Waals surface area contributed by atoms with E-state index in [-0.39, 0.29) is 12.0 Å². The summed E-state index contributed by atoms with van der Waals surface area (Å²) < 4.78 is 48.5. The third kappa shape index (κ3) is 4.94. The van der Waals surface area contributed by atoms with Crippen molar-refractivity contribution in [3.63, 3.8) is 0 Å². The Bertz CT molecular complexity index is 674. The monoisotopic (exact) mass is 378 g/mol. The SMILES string of the molecule is O=C(O)/C(=C/c1cccc(C(F)(F)F)c1)OC1CC(O)C(O)C(CO)O1. The number of aliphatic hydroxyl groups is 3. The second-order valence-electron chi connectivity index (χ2n) is 5.64. The van der Waals surface area contributed by atoms with Gasteiger partial charge in [-0.3, -0.25) is 0 Å². The van der Waals surface area contributed by atoms with Gasteiger partial charge in [-0.05, 0) is 23.8 Å². The molecule has 0 spiro atoms. The number of carbonyl (C=O) groups is 1. The second-order valence-corrected chi connectivity index (χ2v) is 5.64. The predicted molar refractivity (Wildman–Crippen MR) is 80.5 cm³/mol. The molecule has 1 aromatic carbocycles. The van der Waals surface area contributed by atoms with Crippen molar-refractivity contribution in [2.45, 2.75) is 37.2 Å². The van der Waals surface area contributed by atoms with Crippen LogP contribution in [0.1, 0.15) is 17.5 Å². The van der Waals surface area contributed by atoms with E-state index in [9.17, 15) is 33.3 Å². The third-order valence-electron chi connectivity index (χ3n) is 3.70. The molecular weight excluding hydrogens is 361 g/mol. The lowest BCUT2D eigenvalue weighted by molar-refractivity contribution is -0.246. The van der Waals surface area contributed by atoms with E-state index in [0.717, 1.165) is 24.3 Å². The average molecular weight is 378 g/mol. The van der Waals surface area contributed by atoms with Gasteiger partial charge in [0, 0.05) is 6.42 Å². The summed E-state index contributed by atoms with van der Waals surface area (Å²) >= 11 is 0. The van der Waals surface area contributed by atoms with Gasteiger partial charge in [-0.25, -0.2) is 4.79 Å². The molecule has 26 heavy (non-hydrogen) atoms. The fourth-order valence-corrected chi connectivity index (χ4v) is 2.39. The zero-order valence-electron chi connectivity index (χ0n) is 13.3. The summed E-state index contributed by atoms with van der Waals surface area (Å²) in [5.41, 5.74) is -1.02. The van der Waals surface area contributed by atoms with Crippen LogP contribution in [0.15, 0.2) is 30.0 Å². The number of hydrogen-bond donors (Lipinski definition) is 4. The molecule has 144 valence electrons. The number of halogens is 3. The van der Waals surface area contributed by atoms with E-state index < -0.39 is 54.7 Å². The Hall–Kier alpha value is -2.14. The van der Waals surface area contributed by atoms with Crippen LogP contribution in [0, 0.1) is 0 Å². The molecule has 10 heteroatoms. The number of hydrogen-bond acceptors (Lipinski definition) is 6. The Balaban J connectivity index is 2.22. The summed E-state index contributed by atoms with van der Waals surface area (Å²) in [5, 5.41) is 37.6. The van der Waals surface area contributed by atoms with Gasteiger partial charge in [0.05, 0.1) is 18.3 Å². The molecule has 0 radical (unpaired) electrons. The van der Waals surface area contributed by atoms with Crippen LogP contribution in [0.4, 0.5) is 13.2 Å². The number of aliphatic carboxylic acids is 1. The van der Waals surface area contributed by atoms with E-state index in [4.69, 9.17) is 14.6 Å². The van der Waals surface area contributed by atoms with Gasteiger partial charge in [0.25, 0.3) is 0 Å². The molecule has 0 aromatic heterocycles. The maximum Gasteiger partial charge on any atom is 0.416 e. The lowest BCUT2D eigenvalue weighted by atomic mass is 10.0. The molecule has 0 bridgehead atoms. The Morgan fingerprint density at radius 2 is 2.04 bits per heavy atom. The van der Waals surface area contributed by atoms with E-state index in [0.29, 0.717) is 0 Å². The highest BCUT2D eigenvalue weighted by Crippen LogP contribution is 2.30. The normalized spacial score (nSPS) is 27.2. The van der Waals surface area contributed by atoms with Crippen LogP contribution in [-0.2, 0) is 20.4 Å². The molecule has 1 aliphatic heterocycles. The molecule has 1 saturated heterocycles. The van der Waals surface area contributed by atoms with Crippen LogP contribution in [0.25, 0.3) is 6.08 Å². The van der Waals surface area contributed by atoms with Gasteiger partial charge in [0.1, 0.15) is 12.2 Å². The van der Waals surface area contributed by atoms with Gasteiger partial charge in [-0.1, -0.05) is 12.1 Å². The fourth-order valence-electron chi connectivity index (χ4n) is 2.39. The van der Waals surface area contributed by atoms with E-state index in [1.807, 2.05) is 0 Å². The summed E-state index contributed by atoms with van der Waals surface area (Å²) in [4.78, 5) is 11.3. The summed E-state index contributed by atoms with van der Waals surface area (Å²) in [5.74, 6) is -2.28. The molecule has 2 rings (SSSR count). The van der Waals surface area contributed by atoms with Crippen LogP contribution in [0.2, 0.25) is 0 Å². The van der Waals surface area contributed by atoms with Crippen molar-refractivity contribution in [2.75, 3.05) is 6.61 Å². The number of alkyl halides is 3. The van der Waals surface area contributed by atoms with Crippen molar-refractivity contribution < 1.29 is 47.9 Å². The highest BCUT2D eigenvalue weighted by Gasteiger charge is 2.38. The molecule has 1 aromatic rings. The number of aliphatic hydroxyl groups excluding tert-OH is 3. The Kier molecular flexibility index (Phi) is 6.24. The number of rotatable bonds is 5. The van der Waals surface area contributed by atoms with Crippen LogP contribution < -0.4 is 0 Å². The zero-order valence-corrected chi connectivity index (χ0v) is 13.3. The molecule has 1 aliphatic rings. The topological polar surface area (TPSA) is 116 Å². The number of benzene rings is 1. The van der Waals surface area contributed by atoms with Crippen LogP contribution >= 0.6 is 0 Å². The minimum Gasteiger partial charge on any atom is -0.475 e. The number of ether oxygens (including phenoxy) is 2. The standard InChI is InChI=1S/C16H17F3O7/c17-16(18,19)9-3-1-2-8(4-9)5-11(15(23)24)25-13-6-10(21)14(22)12(7-20)26-13/h1-5,10,12-14,20-22H,6-7H2,(H,23,24)/b11-5-. The molecule has 0 amide bonds. The smallest absolute Gasteiger partial charge is 0.416 e. The van der Waals surface area contributed by atoms with Crippen molar-refractivity contribution in [3.8, 4) is 0 Å². The van der Waals surface area contributed by atoms with E-state index in [1.54, 1.807) is 0 Å². The Labute approximate surface area is 145 Å². The van der Waals surface area contributed by atoms with Gasteiger partial charge in [0.15, 0.2) is 0 Å². The number of carboxylic acid groups (broad SMARTS) is 1. The van der Waals surface area contributed by atoms with Crippen LogP contribution in [-0.4, -0.2) is 57.6 Å². The van der Waals surface area contributed by atoms with Crippen LogP contribution in [0.3, 0.4) is 0 Å². The molecule has 7 nitrogen and oxygen atoms in total. The summed E-state index contributed by atoms with van der Waals surface area (Å²) in [6.07, 6.45) is -9.19. The summed E-state index contributed by atoms with van der Waals surface area (Å²) in [6, 6.07) is 3.97. The van der Waals surface area contributed by atoms with Crippen molar-refractivity contribution in [3.05, 3.63) is 41.2 Å². The van der Waals surface area contributed by atoms with Crippen molar-refractivity contribution >= 4 is 12.0 Å². The van der Waals surface area contributed by atoms with Crippen molar-refractivity contribution in [1.82, 2.24) is 0 Å². The second kappa shape index (κ2) is 8.04. The zero-order chi connectivity index (χ0) is 19.5. The van der Waals surface area contributed by atoms with Crippen LogP contribution in [0.5, 0.6) is 0 Å². The minimum atomic E-state index is -4.59. The lowest BCUT2D eigenvalue weighted by Crippen LogP contribution is -2.50. The van der Waals surface area contributed by atoms with Crippen molar-refractivity contribution in [2.24, 2.45) is 0 Å². The largest absolute Gasteiger partial charge is 0.475 e. The first-order valence-electron chi connectivity index (χ1n) is 7.53. The molecule has 0 aliphatic carbocycles. The molecule has 1 heterocycles. The van der Waals surface area contributed by atoms with Gasteiger partial charge in [-0.15, -0.1) is 0 Å². The van der Waals surface area contributed by atoms with Gasteiger partial charge >= 0.3 is 12.1 Å². The van der Waals surface area contributed by atoms with Crippen molar-refractivity contribution in [1.29, 1.82) is 0 Å². The third-order valence-corrected chi connectivity index (χ3v) is 3.70. The predicted octanol–water partition coefficient (Wildman–Crippen LogP) is 0.977. The molecule has 0 saturated carbocycles. The minimum absolute atomic E-state index is 0.0627. The Morgan fingerprint density at radius 1 is 1.35 bits per heavy atom. The maximum absolute atomic E-state index is 12.7. The summed E-state index contributed by atoms with van der Waals surface area (Å²) in [7, 11) is 0. The average Bonchev–Trinajstić information content (AvgIpc) is 2.56. The fraction of sp³-hybridized carbons (Fsp3) is 0.438. The first-order valence-corrected chi connectivity index (χ1v) is 7.53. The quantitative estimate of drug-likeness (QED) is 0.446. The highest BCUT2D eigenvalue weighted by molar-refractivity contribution is 5.89. The molecule has 4 atom stereocenters. The van der Waals surface area contributed by atoms with Gasteiger partial charge in [-0.2, -0.15) is 13.2 Å². The number of carboxylic acids is 1. The molecular formula is C16H17F3O7. The molecule has 4 unspecified atom stereocenters. The van der Waals surface area contributed by atoms with E-state index in [1.165, 1.54) is 6.07 Å². The van der Waals surface area contributed by atoms with E-state index >= 15 is 0 Å². The first kappa shape index (κ1) is 20.2.